The number of hydrogen-bond donors (Lipinski definition) is 2. The molecule has 0 aliphatic heterocycles. The highest BCUT2D eigenvalue weighted by atomic mass is 16.4. The van der Waals surface area contributed by atoms with E-state index in [-0.39, 0.29) is 18.2 Å². The van der Waals surface area contributed by atoms with Crippen LogP contribution in [-0.2, 0) is 4.79 Å². The minimum absolute atomic E-state index is 0.0294. The molecule has 22 heavy (non-hydrogen) atoms. The first kappa shape index (κ1) is 16.5. The molecule has 1 saturated carbocycles. The summed E-state index contributed by atoms with van der Waals surface area (Å²) in [6.45, 7) is 5.62. The Balaban J connectivity index is 2.07. The van der Waals surface area contributed by atoms with Crippen LogP contribution < -0.4 is 5.32 Å². The number of hydrogen-bond acceptors (Lipinski definition) is 2. The van der Waals surface area contributed by atoms with E-state index >= 15 is 0 Å². The SMILES string of the molecule is CC(C)C(C)(CC(=O)O)NC(=O)c1ccc(C2CCC2)cc1. The van der Waals surface area contributed by atoms with Gasteiger partial charge in [0, 0.05) is 5.56 Å². The Labute approximate surface area is 131 Å². The number of benzene rings is 1. The van der Waals surface area contributed by atoms with Gasteiger partial charge in [0.2, 0.25) is 0 Å². The molecule has 0 spiro atoms. The minimum atomic E-state index is -0.906. The van der Waals surface area contributed by atoms with E-state index in [1.54, 1.807) is 6.92 Å². The number of nitrogens with one attached hydrogen (secondary N) is 1. The van der Waals surface area contributed by atoms with Crippen LogP contribution in [-0.4, -0.2) is 22.5 Å². The molecule has 1 unspecified atom stereocenters. The van der Waals surface area contributed by atoms with E-state index in [0.717, 1.165) is 0 Å². The van der Waals surface area contributed by atoms with Crippen molar-refractivity contribution in [3.8, 4) is 0 Å². The Morgan fingerprint density at radius 1 is 1.27 bits per heavy atom. The van der Waals surface area contributed by atoms with Crippen LogP contribution in [0, 0.1) is 5.92 Å². The predicted octanol–water partition coefficient (Wildman–Crippen LogP) is 3.57. The van der Waals surface area contributed by atoms with Crippen molar-refractivity contribution in [3.05, 3.63) is 35.4 Å². The lowest BCUT2D eigenvalue weighted by Gasteiger charge is -2.33. The third kappa shape index (κ3) is 3.67. The van der Waals surface area contributed by atoms with Crippen LogP contribution in [0.1, 0.15) is 68.3 Å². The fourth-order valence-corrected chi connectivity index (χ4v) is 2.69. The van der Waals surface area contributed by atoms with Gasteiger partial charge >= 0.3 is 5.97 Å². The first-order valence-corrected chi connectivity index (χ1v) is 7.96. The first-order valence-electron chi connectivity index (χ1n) is 7.96. The van der Waals surface area contributed by atoms with Gasteiger partial charge in [-0.05, 0) is 49.3 Å². The van der Waals surface area contributed by atoms with Crippen molar-refractivity contribution in [1.29, 1.82) is 0 Å². The predicted molar refractivity (Wildman–Crippen MR) is 86.0 cm³/mol. The molecule has 1 atom stereocenters. The molecule has 120 valence electrons. The van der Waals surface area contributed by atoms with Crippen LogP contribution in [0.15, 0.2) is 24.3 Å². The summed E-state index contributed by atoms with van der Waals surface area (Å²) in [4.78, 5) is 23.5. The van der Waals surface area contributed by atoms with Gasteiger partial charge in [0.05, 0.1) is 12.0 Å². The molecule has 1 aromatic carbocycles. The van der Waals surface area contributed by atoms with Crippen molar-refractivity contribution in [3.63, 3.8) is 0 Å². The third-order valence-electron chi connectivity index (χ3n) is 4.94. The molecule has 1 fully saturated rings. The Hall–Kier alpha value is -1.84. The van der Waals surface area contributed by atoms with Crippen molar-refractivity contribution in [1.82, 2.24) is 5.32 Å². The van der Waals surface area contributed by atoms with Crippen LogP contribution in [0.4, 0.5) is 0 Å². The van der Waals surface area contributed by atoms with Gasteiger partial charge in [-0.15, -0.1) is 0 Å². The highest BCUT2D eigenvalue weighted by molar-refractivity contribution is 5.95. The summed E-state index contributed by atoms with van der Waals surface area (Å²) in [6.07, 6.45) is 3.66. The lowest BCUT2D eigenvalue weighted by Crippen LogP contribution is -2.51. The molecule has 0 aromatic heterocycles. The van der Waals surface area contributed by atoms with Crippen LogP contribution in [0.3, 0.4) is 0 Å². The molecule has 0 bridgehead atoms. The number of rotatable bonds is 6. The number of amides is 1. The summed E-state index contributed by atoms with van der Waals surface area (Å²) in [6, 6.07) is 7.71. The summed E-state index contributed by atoms with van der Waals surface area (Å²) >= 11 is 0. The lowest BCUT2D eigenvalue weighted by molar-refractivity contribution is -0.138. The quantitative estimate of drug-likeness (QED) is 0.844. The average Bonchev–Trinajstić information content (AvgIpc) is 2.36. The maximum absolute atomic E-state index is 12.4. The topological polar surface area (TPSA) is 66.4 Å². The third-order valence-corrected chi connectivity index (χ3v) is 4.94. The van der Waals surface area contributed by atoms with E-state index in [9.17, 15) is 9.59 Å². The van der Waals surface area contributed by atoms with Crippen molar-refractivity contribution in [2.24, 2.45) is 5.92 Å². The molecule has 1 aliphatic rings. The number of carboxylic acids is 1. The van der Waals surface area contributed by atoms with E-state index in [0.29, 0.717) is 11.5 Å². The lowest BCUT2D eigenvalue weighted by atomic mass is 9.80. The van der Waals surface area contributed by atoms with Crippen molar-refractivity contribution < 1.29 is 14.7 Å². The number of carboxylic acid groups (broad SMARTS) is 1. The maximum atomic E-state index is 12.4. The smallest absolute Gasteiger partial charge is 0.305 e. The highest BCUT2D eigenvalue weighted by Crippen LogP contribution is 2.36. The molecule has 4 heteroatoms. The van der Waals surface area contributed by atoms with Crippen LogP contribution >= 0.6 is 0 Å². The largest absolute Gasteiger partial charge is 0.481 e. The van der Waals surface area contributed by atoms with Crippen LogP contribution in [0.5, 0.6) is 0 Å². The summed E-state index contributed by atoms with van der Waals surface area (Å²) in [5, 5.41) is 12.0. The monoisotopic (exact) mass is 303 g/mol. The van der Waals surface area contributed by atoms with Gasteiger partial charge in [-0.2, -0.15) is 0 Å². The van der Waals surface area contributed by atoms with Gasteiger partial charge in [0.15, 0.2) is 0 Å². The Morgan fingerprint density at radius 3 is 2.27 bits per heavy atom. The molecule has 1 aliphatic carbocycles. The summed E-state index contributed by atoms with van der Waals surface area (Å²) in [7, 11) is 0. The van der Waals surface area contributed by atoms with Gasteiger partial charge < -0.3 is 10.4 Å². The zero-order valence-electron chi connectivity index (χ0n) is 13.6. The van der Waals surface area contributed by atoms with Crippen molar-refractivity contribution >= 4 is 11.9 Å². The van der Waals surface area contributed by atoms with E-state index < -0.39 is 11.5 Å². The molecule has 1 amide bonds. The first-order chi connectivity index (χ1) is 10.3. The van der Waals surface area contributed by atoms with Crippen LogP contribution in [0.2, 0.25) is 0 Å². The fraction of sp³-hybridized carbons (Fsp3) is 0.556. The molecule has 0 heterocycles. The summed E-state index contributed by atoms with van der Waals surface area (Å²) in [5.74, 6) is -0.443. The van der Waals surface area contributed by atoms with Gasteiger partial charge in [-0.3, -0.25) is 9.59 Å². The van der Waals surface area contributed by atoms with Gasteiger partial charge in [0.1, 0.15) is 0 Å². The second kappa shape index (κ2) is 6.51. The number of carbonyl (C=O) groups excluding carboxylic acids is 1. The molecule has 2 rings (SSSR count). The molecule has 0 radical (unpaired) electrons. The minimum Gasteiger partial charge on any atom is -0.481 e. The summed E-state index contributed by atoms with van der Waals surface area (Å²) in [5.41, 5.74) is 1.12. The zero-order chi connectivity index (χ0) is 16.3. The maximum Gasteiger partial charge on any atom is 0.305 e. The van der Waals surface area contributed by atoms with Gasteiger partial charge in [-0.25, -0.2) is 0 Å². The Bertz CT molecular complexity index is 546. The van der Waals surface area contributed by atoms with E-state index in [1.165, 1.54) is 24.8 Å². The normalized spacial score (nSPS) is 17.6. The molecule has 2 N–H and O–H groups in total. The molecular weight excluding hydrogens is 278 g/mol. The highest BCUT2D eigenvalue weighted by Gasteiger charge is 2.33. The van der Waals surface area contributed by atoms with E-state index in [4.69, 9.17) is 5.11 Å². The standard InChI is InChI=1S/C18H25NO3/c1-12(2)18(3,11-16(20)21)19-17(22)15-9-7-14(8-10-15)13-5-4-6-13/h7-10,12-13H,4-6,11H2,1-3H3,(H,19,22)(H,20,21). The number of carbonyl (C=O) groups is 2. The van der Waals surface area contributed by atoms with E-state index in [2.05, 4.69) is 5.32 Å². The average molecular weight is 303 g/mol. The second-order valence-corrected chi connectivity index (χ2v) is 6.85. The molecule has 1 aromatic rings. The second-order valence-electron chi connectivity index (χ2n) is 6.85. The summed E-state index contributed by atoms with van der Waals surface area (Å²) < 4.78 is 0. The van der Waals surface area contributed by atoms with Gasteiger partial charge in [-0.1, -0.05) is 32.4 Å². The van der Waals surface area contributed by atoms with Gasteiger partial charge in [0.25, 0.3) is 5.91 Å². The van der Waals surface area contributed by atoms with Crippen molar-refractivity contribution in [2.45, 2.75) is 57.9 Å². The van der Waals surface area contributed by atoms with Crippen molar-refractivity contribution in [2.75, 3.05) is 0 Å². The Kier molecular flexibility index (Phi) is 4.89. The number of aliphatic carboxylic acids is 1. The Morgan fingerprint density at radius 2 is 1.86 bits per heavy atom. The van der Waals surface area contributed by atoms with Crippen LogP contribution in [0.25, 0.3) is 0 Å². The fourth-order valence-electron chi connectivity index (χ4n) is 2.69. The molecule has 4 nitrogen and oxygen atoms in total. The molecule has 0 saturated heterocycles. The molecular formula is C18H25NO3. The zero-order valence-corrected chi connectivity index (χ0v) is 13.6. The van der Waals surface area contributed by atoms with E-state index in [1.807, 2.05) is 38.1 Å².